The van der Waals surface area contributed by atoms with Crippen LogP contribution in [0, 0.1) is 0 Å². The molecule has 0 saturated carbocycles. The Kier molecular flexibility index (Phi) is 5.11. The second kappa shape index (κ2) is 7.11. The molecule has 2 heterocycles. The first-order valence-electron chi connectivity index (χ1n) is 8.86. The fraction of sp³-hybridized carbons (Fsp3) is 0.632. The maximum Gasteiger partial charge on any atom is 0.219 e. The zero-order valence-corrected chi connectivity index (χ0v) is 15.1. The van der Waals surface area contributed by atoms with E-state index in [2.05, 4.69) is 48.2 Å². The minimum absolute atomic E-state index is 0.161. The van der Waals surface area contributed by atoms with E-state index in [1.807, 2.05) is 4.90 Å². The molecule has 2 fully saturated rings. The van der Waals surface area contributed by atoms with Crippen molar-refractivity contribution in [3.8, 4) is 0 Å². The highest BCUT2D eigenvalue weighted by molar-refractivity contribution is 5.73. The summed E-state index contributed by atoms with van der Waals surface area (Å²) in [6, 6.07) is 8.76. The van der Waals surface area contributed by atoms with E-state index in [0.29, 0.717) is 6.61 Å². The summed E-state index contributed by atoms with van der Waals surface area (Å²) in [7, 11) is 4.12. The van der Waals surface area contributed by atoms with Gasteiger partial charge < -0.3 is 14.5 Å². The first-order valence-corrected chi connectivity index (χ1v) is 8.86. The van der Waals surface area contributed by atoms with Gasteiger partial charge in [-0.25, -0.2) is 0 Å². The van der Waals surface area contributed by atoms with E-state index < -0.39 is 0 Å². The maximum atomic E-state index is 11.7. The Morgan fingerprint density at radius 2 is 1.96 bits per heavy atom. The molecule has 1 atom stereocenters. The molecule has 24 heavy (non-hydrogen) atoms. The van der Waals surface area contributed by atoms with Crippen LogP contribution >= 0.6 is 0 Å². The third-order valence-electron chi connectivity index (χ3n) is 5.17. The molecule has 3 rings (SSSR count). The van der Waals surface area contributed by atoms with E-state index in [1.165, 1.54) is 11.3 Å². The number of rotatable bonds is 3. The van der Waals surface area contributed by atoms with Crippen LogP contribution in [0.3, 0.4) is 0 Å². The van der Waals surface area contributed by atoms with Crippen molar-refractivity contribution < 1.29 is 9.53 Å². The Balaban J connectivity index is 1.64. The SMILES string of the molecule is CC(=O)N1CCOC2(CCCN(Cc3ccc(N(C)C)cc3)C2)C1. The van der Waals surface area contributed by atoms with Crippen LogP contribution in [0.2, 0.25) is 0 Å². The number of nitrogens with zero attached hydrogens (tertiary/aromatic N) is 3. The summed E-state index contributed by atoms with van der Waals surface area (Å²) >= 11 is 0. The highest BCUT2D eigenvalue weighted by Crippen LogP contribution is 2.30. The van der Waals surface area contributed by atoms with Gasteiger partial charge in [-0.3, -0.25) is 9.69 Å². The predicted molar refractivity (Wildman–Crippen MR) is 96.2 cm³/mol. The minimum Gasteiger partial charge on any atom is -0.378 e. The fourth-order valence-electron chi connectivity index (χ4n) is 3.84. The monoisotopic (exact) mass is 331 g/mol. The molecule has 0 N–H and O–H groups in total. The number of anilines is 1. The molecule has 1 unspecified atom stereocenters. The van der Waals surface area contributed by atoms with E-state index in [4.69, 9.17) is 4.74 Å². The maximum absolute atomic E-state index is 11.7. The summed E-state index contributed by atoms with van der Waals surface area (Å²) in [6.07, 6.45) is 2.17. The minimum atomic E-state index is -0.175. The number of benzene rings is 1. The molecule has 2 aliphatic rings. The van der Waals surface area contributed by atoms with E-state index in [-0.39, 0.29) is 11.5 Å². The Bertz CT molecular complexity index is 568. The second-order valence-corrected chi connectivity index (χ2v) is 7.35. The number of hydrogen-bond acceptors (Lipinski definition) is 4. The highest BCUT2D eigenvalue weighted by atomic mass is 16.5. The summed E-state index contributed by atoms with van der Waals surface area (Å²) < 4.78 is 6.16. The molecule has 2 saturated heterocycles. The lowest BCUT2D eigenvalue weighted by molar-refractivity contribution is -0.160. The first kappa shape index (κ1) is 17.2. The molecule has 0 aromatic heterocycles. The number of likely N-dealkylation sites (tertiary alicyclic amines) is 1. The van der Waals surface area contributed by atoms with Crippen molar-refractivity contribution in [2.24, 2.45) is 0 Å². The fourth-order valence-corrected chi connectivity index (χ4v) is 3.84. The molecule has 0 radical (unpaired) electrons. The normalized spacial score (nSPS) is 25.0. The average Bonchev–Trinajstić information content (AvgIpc) is 2.55. The molecular formula is C19H29N3O2. The van der Waals surface area contributed by atoms with Crippen LogP contribution in [-0.4, -0.2) is 68.2 Å². The lowest BCUT2D eigenvalue weighted by Crippen LogP contribution is -2.60. The van der Waals surface area contributed by atoms with Crippen molar-refractivity contribution in [3.63, 3.8) is 0 Å². The van der Waals surface area contributed by atoms with E-state index in [1.54, 1.807) is 6.92 Å². The van der Waals surface area contributed by atoms with Crippen LogP contribution in [0.5, 0.6) is 0 Å². The molecule has 1 aromatic rings. The van der Waals surface area contributed by atoms with E-state index in [0.717, 1.165) is 45.6 Å². The lowest BCUT2D eigenvalue weighted by Gasteiger charge is -2.48. The van der Waals surface area contributed by atoms with Gasteiger partial charge in [-0.1, -0.05) is 12.1 Å². The number of hydrogen-bond donors (Lipinski definition) is 0. The number of carbonyl (C=O) groups excluding carboxylic acids is 1. The molecule has 1 spiro atoms. The zero-order valence-electron chi connectivity index (χ0n) is 15.1. The zero-order chi connectivity index (χ0) is 17.2. The van der Waals surface area contributed by atoms with Crippen molar-refractivity contribution >= 4 is 11.6 Å². The Hall–Kier alpha value is -1.59. The first-order chi connectivity index (χ1) is 11.5. The molecule has 2 aliphatic heterocycles. The summed E-state index contributed by atoms with van der Waals surface area (Å²) in [6.45, 7) is 6.73. The summed E-state index contributed by atoms with van der Waals surface area (Å²) in [5.74, 6) is 0.161. The van der Waals surface area contributed by atoms with Crippen molar-refractivity contribution in [3.05, 3.63) is 29.8 Å². The van der Waals surface area contributed by atoms with E-state index in [9.17, 15) is 4.79 Å². The van der Waals surface area contributed by atoms with Crippen LogP contribution in [0.15, 0.2) is 24.3 Å². The number of carbonyl (C=O) groups is 1. The van der Waals surface area contributed by atoms with Crippen LogP contribution in [-0.2, 0) is 16.1 Å². The lowest BCUT2D eigenvalue weighted by atomic mass is 9.90. The molecule has 5 nitrogen and oxygen atoms in total. The van der Waals surface area contributed by atoms with Crippen LogP contribution in [0.25, 0.3) is 0 Å². The number of piperidine rings is 1. The Morgan fingerprint density at radius 1 is 1.21 bits per heavy atom. The Labute approximate surface area is 145 Å². The molecular weight excluding hydrogens is 302 g/mol. The molecule has 0 bridgehead atoms. The molecule has 1 amide bonds. The van der Waals surface area contributed by atoms with Gasteiger partial charge in [0.2, 0.25) is 5.91 Å². The van der Waals surface area contributed by atoms with Crippen LogP contribution in [0.1, 0.15) is 25.3 Å². The highest BCUT2D eigenvalue weighted by Gasteiger charge is 2.41. The van der Waals surface area contributed by atoms with Gasteiger partial charge in [0.15, 0.2) is 0 Å². The van der Waals surface area contributed by atoms with Gasteiger partial charge in [-0.15, -0.1) is 0 Å². The van der Waals surface area contributed by atoms with Crippen molar-refractivity contribution in [1.29, 1.82) is 0 Å². The molecule has 0 aliphatic carbocycles. The van der Waals surface area contributed by atoms with E-state index >= 15 is 0 Å². The quantitative estimate of drug-likeness (QED) is 0.848. The van der Waals surface area contributed by atoms with Crippen LogP contribution in [0.4, 0.5) is 5.69 Å². The van der Waals surface area contributed by atoms with Crippen molar-refractivity contribution in [1.82, 2.24) is 9.80 Å². The summed E-state index contributed by atoms with van der Waals surface area (Å²) in [5, 5.41) is 0. The van der Waals surface area contributed by atoms with Gasteiger partial charge in [0.1, 0.15) is 0 Å². The Morgan fingerprint density at radius 3 is 2.62 bits per heavy atom. The smallest absolute Gasteiger partial charge is 0.219 e. The van der Waals surface area contributed by atoms with Crippen LogP contribution < -0.4 is 4.90 Å². The van der Waals surface area contributed by atoms with Gasteiger partial charge in [0.25, 0.3) is 0 Å². The van der Waals surface area contributed by atoms with Gasteiger partial charge in [-0.2, -0.15) is 0 Å². The third kappa shape index (κ3) is 3.90. The van der Waals surface area contributed by atoms with Crippen molar-refractivity contribution in [2.75, 3.05) is 51.8 Å². The van der Waals surface area contributed by atoms with Crippen molar-refractivity contribution in [2.45, 2.75) is 31.9 Å². The molecule has 5 heteroatoms. The number of morpholine rings is 1. The summed E-state index contributed by atoms with van der Waals surface area (Å²) in [5.41, 5.74) is 2.38. The largest absolute Gasteiger partial charge is 0.378 e. The van der Waals surface area contributed by atoms with Gasteiger partial charge in [0, 0.05) is 46.3 Å². The number of amides is 1. The third-order valence-corrected chi connectivity index (χ3v) is 5.17. The second-order valence-electron chi connectivity index (χ2n) is 7.35. The average molecular weight is 331 g/mol. The van der Waals surface area contributed by atoms with Gasteiger partial charge >= 0.3 is 0 Å². The van der Waals surface area contributed by atoms with Gasteiger partial charge in [0.05, 0.1) is 18.8 Å². The summed E-state index contributed by atoms with van der Waals surface area (Å²) in [4.78, 5) is 18.3. The molecule has 1 aromatic carbocycles. The predicted octanol–water partition coefficient (Wildman–Crippen LogP) is 1.97. The molecule has 132 valence electrons. The number of ether oxygens (including phenoxy) is 1. The standard InChI is InChI=1S/C19H29N3O2/c1-16(23)22-11-12-24-19(15-22)9-4-10-21(14-19)13-17-5-7-18(8-6-17)20(2)3/h5-8H,4,9-15H2,1-3H3. The topological polar surface area (TPSA) is 36.0 Å². The van der Waals surface area contributed by atoms with Gasteiger partial charge in [-0.05, 0) is 37.1 Å².